The maximum absolute atomic E-state index is 12.3. The number of hydrogen-bond acceptors (Lipinski definition) is 3. The summed E-state index contributed by atoms with van der Waals surface area (Å²) >= 11 is 1.75. The van der Waals surface area contributed by atoms with Crippen LogP contribution in [-0.2, 0) is 11.2 Å². The lowest BCUT2D eigenvalue weighted by Gasteiger charge is -2.25. The van der Waals surface area contributed by atoms with E-state index in [4.69, 9.17) is 0 Å². The first kappa shape index (κ1) is 17.3. The summed E-state index contributed by atoms with van der Waals surface area (Å²) < 4.78 is 0. The van der Waals surface area contributed by atoms with Crippen LogP contribution in [0.15, 0.2) is 24.3 Å². The Bertz CT molecular complexity index is 442. The van der Waals surface area contributed by atoms with Crippen LogP contribution in [0.3, 0.4) is 0 Å². The van der Waals surface area contributed by atoms with Gasteiger partial charge in [-0.1, -0.05) is 31.2 Å². The largest absolute Gasteiger partial charge is 0.353 e. The summed E-state index contributed by atoms with van der Waals surface area (Å²) in [5, 5.41) is 6.31. The van der Waals surface area contributed by atoms with Gasteiger partial charge in [-0.05, 0) is 36.8 Å². The van der Waals surface area contributed by atoms with Gasteiger partial charge in [0.1, 0.15) is 5.25 Å². The molecular weight excluding hydrogens is 292 g/mol. The van der Waals surface area contributed by atoms with Gasteiger partial charge in [-0.15, -0.1) is 24.2 Å². The van der Waals surface area contributed by atoms with Crippen LogP contribution < -0.4 is 10.6 Å². The number of halogens is 1. The number of fused-ring (bicyclic) bond motifs is 1. The fraction of sp³-hybridized carbons (Fsp3) is 0.533. The van der Waals surface area contributed by atoms with Gasteiger partial charge in [0, 0.05) is 12.6 Å². The van der Waals surface area contributed by atoms with E-state index in [9.17, 15) is 4.79 Å². The molecule has 0 aliphatic carbocycles. The van der Waals surface area contributed by atoms with Gasteiger partial charge in [0.25, 0.3) is 0 Å². The van der Waals surface area contributed by atoms with Gasteiger partial charge in [-0.2, -0.15) is 0 Å². The van der Waals surface area contributed by atoms with E-state index in [1.165, 1.54) is 11.1 Å². The highest BCUT2D eigenvalue weighted by atomic mass is 35.5. The minimum Gasteiger partial charge on any atom is -0.353 e. The molecule has 0 spiro atoms. The third-order valence-electron chi connectivity index (χ3n) is 3.37. The molecule has 0 saturated heterocycles. The fourth-order valence-corrected chi connectivity index (χ4v) is 3.60. The van der Waals surface area contributed by atoms with Crippen molar-refractivity contribution in [2.75, 3.05) is 18.8 Å². The molecule has 1 aromatic carbocycles. The highest BCUT2D eigenvalue weighted by molar-refractivity contribution is 8.00. The molecule has 0 fully saturated rings. The van der Waals surface area contributed by atoms with Crippen molar-refractivity contribution in [3.8, 4) is 0 Å². The van der Waals surface area contributed by atoms with Crippen LogP contribution in [0.2, 0.25) is 0 Å². The third-order valence-corrected chi connectivity index (χ3v) is 4.61. The number of carbonyl (C=O) groups excluding carboxylic acids is 1. The van der Waals surface area contributed by atoms with Crippen LogP contribution in [0.5, 0.6) is 0 Å². The molecule has 1 amide bonds. The number of thioether (sulfide) groups is 1. The Morgan fingerprint density at radius 3 is 2.95 bits per heavy atom. The zero-order valence-electron chi connectivity index (χ0n) is 12.0. The summed E-state index contributed by atoms with van der Waals surface area (Å²) in [4.78, 5) is 12.3. The Morgan fingerprint density at radius 2 is 2.20 bits per heavy atom. The minimum absolute atomic E-state index is 0. The molecule has 5 heteroatoms. The van der Waals surface area contributed by atoms with Crippen molar-refractivity contribution >= 4 is 30.1 Å². The van der Waals surface area contributed by atoms with Crippen molar-refractivity contribution in [2.45, 2.75) is 31.6 Å². The summed E-state index contributed by atoms with van der Waals surface area (Å²) in [6.07, 6.45) is 1.07. The van der Waals surface area contributed by atoms with E-state index in [0.717, 1.165) is 18.7 Å². The summed E-state index contributed by atoms with van der Waals surface area (Å²) in [6.45, 7) is 5.78. The first-order chi connectivity index (χ1) is 9.22. The van der Waals surface area contributed by atoms with E-state index >= 15 is 0 Å². The third kappa shape index (κ3) is 4.40. The lowest BCUT2D eigenvalue weighted by atomic mass is 10.0. The molecule has 2 atom stereocenters. The Balaban J connectivity index is 0.00000200. The molecule has 2 N–H and O–H groups in total. The number of carbonyl (C=O) groups is 1. The average Bonchev–Trinajstić information content (AvgIpc) is 2.44. The standard InChI is InChI=1S/C15H22N2OS.ClH/c1-3-16-11(2)10-17-15(18)14-13-7-5-4-6-12(13)8-9-19-14;/h4-7,11,14,16H,3,8-10H2,1-2H3,(H,17,18);1H/t11-,14?;/m1./s1. The number of aryl methyl sites for hydroxylation is 1. The molecule has 1 aliphatic rings. The van der Waals surface area contributed by atoms with Crippen molar-refractivity contribution < 1.29 is 4.79 Å². The number of benzene rings is 1. The van der Waals surface area contributed by atoms with E-state index in [2.05, 4.69) is 42.7 Å². The number of rotatable bonds is 5. The van der Waals surface area contributed by atoms with Gasteiger partial charge < -0.3 is 10.6 Å². The zero-order chi connectivity index (χ0) is 13.7. The summed E-state index contributed by atoms with van der Waals surface area (Å²) in [5.74, 6) is 1.17. The molecule has 1 aliphatic heterocycles. The molecule has 0 aromatic heterocycles. The van der Waals surface area contributed by atoms with Crippen molar-refractivity contribution in [1.82, 2.24) is 10.6 Å². The molecule has 112 valence electrons. The second kappa shape index (κ2) is 8.55. The quantitative estimate of drug-likeness (QED) is 0.877. The van der Waals surface area contributed by atoms with Crippen LogP contribution in [0.4, 0.5) is 0 Å². The molecule has 3 nitrogen and oxygen atoms in total. The van der Waals surface area contributed by atoms with Crippen LogP contribution >= 0.6 is 24.2 Å². The molecule has 2 rings (SSSR count). The number of likely N-dealkylation sites (N-methyl/N-ethyl adjacent to an activating group) is 1. The number of amides is 1. The highest BCUT2D eigenvalue weighted by Crippen LogP contribution is 2.36. The highest BCUT2D eigenvalue weighted by Gasteiger charge is 2.26. The van der Waals surface area contributed by atoms with E-state index in [-0.39, 0.29) is 23.6 Å². The predicted molar refractivity (Wildman–Crippen MR) is 88.7 cm³/mol. The van der Waals surface area contributed by atoms with Crippen LogP contribution in [0.25, 0.3) is 0 Å². The van der Waals surface area contributed by atoms with Gasteiger partial charge in [-0.25, -0.2) is 0 Å². The van der Waals surface area contributed by atoms with Crippen molar-refractivity contribution in [3.05, 3.63) is 35.4 Å². The van der Waals surface area contributed by atoms with Gasteiger partial charge in [-0.3, -0.25) is 4.79 Å². The van der Waals surface area contributed by atoms with E-state index in [1.54, 1.807) is 11.8 Å². The Morgan fingerprint density at radius 1 is 1.45 bits per heavy atom. The van der Waals surface area contributed by atoms with Crippen molar-refractivity contribution in [1.29, 1.82) is 0 Å². The van der Waals surface area contributed by atoms with Gasteiger partial charge >= 0.3 is 0 Å². The molecule has 0 saturated carbocycles. The van der Waals surface area contributed by atoms with Crippen molar-refractivity contribution in [2.24, 2.45) is 0 Å². The van der Waals surface area contributed by atoms with Gasteiger partial charge in [0.05, 0.1) is 0 Å². The lowest BCUT2D eigenvalue weighted by Crippen LogP contribution is -2.40. The topological polar surface area (TPSA) is 41.1 Å². The van der Waals surface area contributed by atoms with Crippen molar-refractivity contribution in [3.63, 3.8) is 0 Å². The monoisotopic (exact) mass is 314 g/mol. The second-order valence-electron chi connectivity index (χ2n) is 4.90. The smallest absolute Gasteiger partial charge is 0.237 e. The predicted octanol–water partition coefficient (Wildman–Crippen LogP) is 2.55. The summed E-state index contributed by atoms with van der Waals surface area (Å²) in [5.41, 5.74) is 2.51. The number of nitrogens with one attached hydrogen (secondary N) is 2. The molecular formula is C15H23ClN2OS. The molecule has 0 bridgehead atoms. The zero-order valence-corrected chi connectivity index (χ0v) is 13.7. The maximum Gasteiger partial charge on any atom is 0.237 e. The Kier molecular flexibility index (Phi) is 7.41. The fourth-order valence-electron chi connectivity index (χ4n) is 2.38. The number of hydrogen-bond donors (Lipinski definition) is 2. The first-order valence-electron chi connectivity index (χ1n) is 6.93. The van der Waals surface area contributed by atoms with Gasteiger partial charge in [0.2, 0.25) is 5.91 Å². The maximum atomic E-state index is 12.3. The van der Waals surface area contributed by atoms with E-state index in [0.29, 0.717) is 12.6 Å². The first-order valence-corrected chi connectivity index (χ1v) is 7.97. The SMILES string of the molecule is CCN[C@H](C)CNC(=O)C1SCCc2ccccc21.Cl. The van der Waals surface area contributed by atoms with Gasteiger partial charge in [0.15, 0.2) is 0 Å². The van der Waals surface area contributed by atoms with E-state index in [1.807, 2.05) is 6.07 Å². The molecule has 1 aromatic rings. The normalized spacial score (nSPS) is 18.6. The minimum atomic E-state index is -0.0428. The summed E-state index contributed by atoms with van der Waals surface area (Å²) in [7, 11) is 0. The molecule has 1 unspecified atom stereocenters. The van der Waals surface area contributed by atoms with Crippen LogP contribution in [0, 0.1) is 0 Å². The average molecular weight is 315 g/mol. The second-order valence-corrected chi connectivity index (χ2v) is 6.12. The molecule has 0 radical (unpaired) electrons. The Hall–Kier alpha value is -0.710. The molecule has 1 heterocycles. The van der Waals surface area contributed by atoms with Crippen LogP contribution in [-0.4, -0.2) is 30.8 Å². The van der Waals surface area contributed by atoms with Crippen LogP contribution in [0.1, 0.15) is 30.2 Å². The van der Waals surface area contributed by atoms with E-state index < -0.39 is 0 Å². The molecule has 20 heavy (non-hydrogen) atoms. The lowest BCUT2D eigenvalue weighted by molar-refractivity contribution is -0.120. The Labute approximate surface area is 131 Å². The summed E-state index contributed by atoms with van der Waals surface area (Å²) in [6, 6.07) is 8.61.